The van der Waals surface area contributed by atoms with Gasteiger partial charge in [0, 0.05) is 25.5 Å². The van der Waals surface area contributed by atoms with Gasteiger partial charge in [-0.3, -0.25) is 4.79 Å². The molecule has 2 rings (SSSR count). The van der Waals surface area contributed by atoms with Crippen LogP contribution in [0.15, 0.2) is 12.4 Å². The lowest BCUT2D eigenvalue weighted by atomic mass is 9.97. The van der Waals surface area contributed by atoms with Crippen molar-refractivity contribution in [1.82, 2.24) is 9.97 Å². The first kappa shape index (κ1) is 13.4. The lowest BCUT2D eigenvalue weighted by molar-refractivity contribution is -0.142. The van der Waals surface area contributed by atoms with Crippen LogP contribution >= 0.6 is 0 Å². The van der Waals surface area contributed by atoms with E-state index in [4.69, 9.17) is 5.11 Å². The Labute approximate surface area is 108 Å². The molecule has 0 bridgehead atoms. The topological polar surface area (TPSA) is 75.5 Å². The van der Waals surface area contributed by atoms with Crippen LogP contribution in [0.2, 0.25) is 0 Å². The van der Waals surface area contributed by atoms with Gasteiger partial charge in [0.15, 0.2) is 5.82 Å². The summed E-state index contributed by atoms with van der Waals surface area (Å²) in [5.41, 5.74) is 0. The van der Waals surface area contributed by atoms with Crippen LogP contribution in [0.1, 0.15) is 12.8 Å². The molecule has 0 radical (unpaired) electrons. The van der Waals surface area contributed by atoms with Crippen LogP contribution in [0.4, 0.5) is 14.6 Å². The normalized spacial score (nSPS) is 16.7. The molecule has 2 heterocycles. The SMILES string of the molecule is O=C(O)C1CCN(c2nccnc2OC(F)F)CC1. The maximum atomic E-state index is 12.2. The number of piperidine rings is 1. The summed E-state index contributed by atoms with van der Waals surface area (Å²) in [5.74, 6) is -1.23. The Balaban J connectivity index is 2.08. The molecule has 1 N–H and O–H groups in total. The van der Waals surface area contributed by atoms with Gasteiger partial charge >= 0.3 is 12.6 Å². The number of carboxylic acid groups (broad SMARTS) is 1. The van der Waals surface area contributed by atoms with Gasteiger partial charge in [0.25, 0.3) is 5.88 Å². The minimum absolute atomic E-state index is 0.228. The number of carbonyl (C=O) groups is 1. The molecular formula is C11H13F2N3O3. The first-order chi connectivity index (χ1) is 9.08. The van der Waals surface area contributed by atoms with Gasteiger partial charge in [-0.2, -0.15) is 8.78 Å². The second-order valence-electron chi connectivity index (χ2n) is 4.16. The Morgan fingerprint density at radius 1 is 1.37 bits per heavy atom. The van der Waals surface area contributed by atoms with Crippen LogP contribution in [-0.2, 0) is 4.79 Å². The van der Waals surface area contributed by atoms with Gasteiger partial charge in [0.1, 0.15) is 0 Å². The highest BCUT2D eigenvalue weighted by atomic mass is 19.3. The molecule has 0 saturated carbocycles. The number of rotatable bonds is 4. The molecule has 0 amide bonds. The monoisotopic (exact) mass is 273 g/mol. The van der Waals surface area contributed by atoms with Gasteiger partial charge in [-0.1, -0.05) is 0 Å². The molecule has 8 heteroatoms. The van der Waals surface area contributed by atoms with E-state index in [1.54, 1.807) is 4.90 Å². The fraction of sp³-hybridized carbons (Fsp3) is 0.545. The lowest BCUT2D eigenvalue weighted by Gasteiger charge is -2.31. The quantitative estimate of drug-likeness (QED) is 0.893. The molecule has 0 atom stereocenters. The predicted octanol–water partition coefficient (Wildman–Crippen LogP) is 1.38. The van der Waals surface area contributed by atoms with Crippen molar-refractivity contribution in [2.45, 2.75) is 19.5 Å². The minimum atomic E-state index is -2.97. The number of halogens is 2. The van der Waals surface area contributed by atoms with Crippen LogP contribution < -0.4 is 9.64 Å². The Bertz CT molecular complexity index is 451. The minimum Gasteiger partial charge on any atom is -0.481 e. The zero-order chi connectivity index (χ0) is 13.8. The second kappa shape index (κ2) is 5.77. The maximum absolute atomic E-state index is 12.2. The van der Waals surface area contributed by atoms with Crippen molar-refractivity contribution >= 4 is 11.8 Å². The van der Waals surface area contributed by atoms with Crippen molar-refractivity contribution in [1.29, 1.82) is 0 Å². The van der Waals surface area contributed by atoms with Crippen molar-refractivity contribution in [2.24, 2.45) is 5.92 Å². The molecule has 1 aromatic heterocycles. The number of alkyl halides is 2. The third kappa shape index (κ3) is 3.27. The third-order valence-electron chi connectivity index (χ3n) is 2.99. The third-order valence-corrected chi connectivity index (χ3v) is 2.99. The van der Waals surface area contributed by atoms with Crippen molar-refractivity contribution < 1.29 is 23.4 Å². The lowest BCUT2D eigenvalue weighted by Crippen LogP contribution is -2.37. The van der Waals surface area contributed by atoms with E-state index in [0.717, 1.165) is 0 Å². The number of carboxylic acids is 1. The van der Waals surface area contributed by atoms with Gasteiger partial charge in [-0.15, -0.1) is 0 Å². The zero-order valence-corrected chi connectivity index (χ0v) is 10.00. The number of hydrogen-bond donors (Lipinski definition) is 1. The Kier molecular flexibility index (Phi) is 4.08. The van der Waals surface area contributed by atoms with E-state index in [0.29, 0.717) is 25.9 Å². The molecule has 104 valence electrons. The van der Waals surface area contributed by atoms with E-state index in [2.05, 4.69) is 14.7 Å². The molecular weight excluding hydrogens is 260 g/mol. The van der Waals surface area contributed by atoms with E-state index in [9.17, 15) is 13.6 Å². The van der Waals surface area contributed by atoms with E-state index < -0.39 is 18.5 Å². The molecule has 1 saturated heterocycles. The van der Waals surface area contributed by atoms with E-state index in [-0.39, 0.29) is 11.7 Å². The van der Waals surface area contributed by atoms with E-state index >= 15 is 0 Å². The highest BCUT2D eigenvalue weighted by Gasteiger charge is 2.27. The van der Waals surface area contributed by atoms with Gasteiger partial charge in [0.2, 0.25) is 0 Å². The first-order valence-corrected chi connectivity index (χ1v) is 5.81. The van der Waals surface area contributed by atoms with Gasteiger partial charge in [0.05, 0.1) is 5.92 Å². The molecule has 1 aliphatic heterocycles. The average Bonchev–Trinajstić information content (AvgIpc) is 2.39. The van der Waals surface area contributed by atoms with Gasteiger partial charge in [-0.05, 0) is 12.8 Å². The molecule has 19 heavy (non-hydrogen) atoms. The van der Waals surface area contributed by atoms with Gasteiger partial charge < -0.3 is 14.7 Å². The van der Waals surface area contributed by atoms with E-state index in [1.165, 1.54) is 12.4 Å². The average molecular weight is 273 g/mol. The number of nitrogens with zero attached hydrogens (tertiary/aromatic N) is 3. The molecule has 0 aliphatic carbocycles. The van der Waals surface area contributed by atoms with Gasteiger partial charge in [-0.25, -0.2) is 9.97 Å². The summed E-state index contributed by atoms with van der Waals surface area (Å²) < 4.78 is 28.8. The number of hydrogen-bond acceptors (Lipinski definition) is 5. The molecule has 6 nitrogen and oxygen atoms in total. The van der Waals surface area contributed by atoms with Crippen LogP contribution in [0, 0.1) is 5.92 Å². The van der Waals surface area contributed by atoms with Crippen LogP contribution in [-0.4, -0.2) is 40.7 Å². The summed E-state index contributed by atoms with van der Waals surface area (Å²) in [4.78, 5) is 20.3. The number of ether oxygens (including phenoxy) is 1. The highest BCUT2D eigenvalue weighted by Crippen LogP contribution is 2.28. The second-order valence-corrected chi connectivity index (χ2v) is 4.16. The van der Waals surface area contributed by atoms with Crippen LogP contribution in [0.3, 0.4) is 0 Å². The van der Waals surface area contributed by atoms with Crippen LogP contribution in [0.25, 0.3) is 0 Å². The van der Waals surface area contributed by atoms with E-state index in [1.807, 2.05) is 0 Å². The fourth-order valence-electron chi connectivity index (χ4n) is 2.04. The summed E-state index contributed by atoms with van der Waals surface area (Å²) in [5, 5.41) is 8.90. The molecule has 0 unspecified atom stereocenters. The van der Waals surface area contributed by atoms with Crippen molar-refractivity contribution in [3.05, 3.63) is 12.4 Å². The smallest absolute Gasteiger partial charge is 0.388 e. The Morgan fingerprint density at radius 2 is 2.00 bits per heavy atom. The number of anilines is 1. The molecule has 1 aromatic rings. The number of aliphatic carboxylic acids is 1. The molecule has 1 fully saturated rings. The standard InChI is InChI=1S/C11H13F2N3O3/c12-11(13)19-9-8(14-3-4-15-9)16-5-1-7(2-6-16)10(17)18/h3-4,7,11H,1-2,5-6H2,(H,17,18). The number of aromatic nitrogens is 2. The molecule has 1 aliphatic rings. The summed E-state index contributed by atoms with van der Waals surface area (Å²) in [6, 6.07) is 0. The Morgan fingerprint density at radius 3 is 2.58 bits per heavy atom. The Hall–Kier alpha value is -1.99. The van der Waals surface area contributed by atoms with Crippen molar-refractivity contribution in [3.8, 4) is 5.88 Å². The van der Waals surface area contributed by atoms with Crippen molar-refractivity contribution in [3.63, 3.8) is 0 Å². The van der Waals surface area contributed by atoms with Crippen molar-refractivity contribution in [2.75, 3.05) is 18.0 Å². The first-order valence-electron chi connectivity index (χ1n) is 5.81. The summed E-state index contributed by atoms with van der Waals surface area (Å²) in [7, 11) is 0. The summed E-state index contributed by atoms with van der Waals surface area (Å²) in [6.07, 6.45) is 3.54. The van der Waals surface area contributed by atoms with Crippen LogP contribution in [0.5, 0.6) is 5.88 Å². The summed E-state index contributed by atoms with van der Waals surface area (Å²) >= 11 is 0. The largest absolute Gasteiger partial charge is 0.481 e. The molecule has 0 aromatic carbocycles. The maximum Gasteiger partial charge on any atom is 0.388 e. The highest BCUT2D eigenvalue weighted by molar-refractivity contribution is 5.70. The molecule has 0 spiro atoms. The predicted molar refractivity (Wildman–Crippen MR) is 61.2 cm³/mol. The zero-order valence-electron chi connectivity index (χ0n) is 10.00. The fourth-order valence-corrected chi connectivity index (χ4v) is 2.04. The summed E-state index contributed by atoms with van der Waals surface area (Å²) in [6.45, 7) is -2.11.